The predicted molar refractivity (Wildman–Crippen MR) is 103 cm³/mol. The van der Waals surface area contributed by atoms with Crippen molar-refractivity contribution in [2.45, 2.75) is 6.54 Å². The van der Waals surface area contributed by atoms with Crippen LogP contribution in [0.5, 0.6) is 0 Å². The molecule has 4 rings (SSSR count). The molecule has 0 N–H and O–H groups in total. The van der Waals surface area contributed by atoms with E-state index in [1.54, 1.807) is 0 Å². The zero-order chi connectivity index (χ0) is 16.5. The second-order valence-electron chi connectivity index (χ2n) is 5.62. The van der Waals surface area contributed by atoms with E-state index in [0.29, 0.717) is 5.02 Å². The molecule has 0 radical (unpaired) electrons. The van der Waals surface area contributed by atoms with E-state index >= 15 is 0 Å². The molecule has 4 aromatic rings. The van der Waals surface area contributed by atoms with Gasteiger partial charge in [-0.05, 0) is 42.0 Å². The Balaban J connectivity index is 1.90. The number of hydrogen-bond acceptors (Lipinski definition) is 1. The Kier molecular flexibility index (Phi) is 4.13. The van der Waals surface area contributed by atoms with E-state index < -0.39 is 0 Å². The molecule has 0 atom stereocenters. The Labute approximate surface area is 153 Å². The van der Waals surface area contributed by atoms with Gasteiger partial charge in [0.15, 0.2) is 0 Å². The average molecular weight is 398 g/mol. The van der Waals surface area contributed by atoms with Gasteiger partial charge in [0.05, 0.1) is 16.1 Å². The zero-order valence-corrected chi connectivity index (χ0v) is 15.1. The Morgan fingerprint density at radius 3 is 2.38 bits per heavy atom. The predicted octanol–water partition coefficient (Wildman–Crippen LogP) is 6.17. The van der Waals surface area contributed by atoms with Crippen LogP contribution in [-0.4, -0.2) is 9.55 Å². The summed E-state index contributed by atoms with van der Waals surface area (Å²) in [5.74, 6) is 0.893. The highest BCUT2D eigenvalue weighted by Gasteiger charge is 2.14. The lowest BCUT2D eigenvalue weighted by atomic mass is 10.2. The molecule has 0 aliphatic carbocycles. The van der Waals surface area contributed by atoms with Crippen molar-refractivity contribution in [2.24, 2.45) is 0 Å². The van der Waals surface area contributed by atoms with E-state index in [4.69, 9.17) is 16.6 Å². The number of imidazole rings is 1. The molecule has 0 saturated heterocycles. The fraction of sp³-hybridized carbons (Fsp3) is 0.0500. The third kappa shape index (κ3) is 2.85. The zero-order valence-electron chi connectivity index (χ0n) is 12.8. The van der Waals surface area contributed by atoms with Crippen LogP contribution in [-0.2, 0) is 6.54 Å². The van der Waals surface area contributed by atoms with Crippen LogP contribution >= 0.6 is 27.5 Å². The third-order valence-electron chi connectivity index (χ3n) is 4.02. The quantitative estimate of drug-likeness (QED) is 0.404. The first-order valence-electron chi connectivity index (χ1n) is 7.67. The van der Waals surface area contributed by atoms with E-state index in [9.17, 15) is 0 Å². The van der Waals surface area contributed by atoms with Crippen molar-refractivity contribution in [2.75, 3.05) is 0 Å². The summed E-state index contributed by atoms with van der Waals surface area (Å²) in [5.41, 5.74) is 4.25. The van der Waals surface area contributed by atoms with Crippen LogP contribution in [0, 0.1) is 0 Å². The van der Waals surface area contributed by atoms with Gasteiger partial charge >= 0.3 is 0 Å². The molecule has 0 aliphatic rings. The maximum Gasteiger partial charge on any atom is 0.142 e. The first-order chi connectivity index (χ1) is 11.7. The minimum absolute atomic E-state index is 0.713. The van der Waals surface area contributed by atoms with Gasteiger partial charge in [0.25, 0.3) is 0 Å². The van der Waals surface area contributed by atoms with Crippen LogP contribution in [0.4, 0.5) is 0 Å². The van der Waals surface area contributed by atoms with Crippen molar-refractivity contribution < 1.29 is 0 Å². The van der Waals surface area contributed by atoms with Crippen molar-refractivity contribution in [1.82, 2.24) is 9.55 Å². The summed E-state index contributed by atoms with van der Waals surface area (Å²) >= 11 is 9.91. The number of para-hydroxylation sites is 2. The SMILES string of the molecule is Clc1ccccc1-c1nc2ccccc2n1Cc1ccc(Br)cc1. The highest BCUT2D eigenvalue weighted by atomic mass is 79.9. The van der Waals surface area contributed by atoms with Gasteiger partial charge in [-0.25, -0.2) is 4.98 Å². The summed E-state index contributed by atoms with van der Waals surface area (Å²) < 4.78 is 3.30. The Morgan fingerprint density at radius 1 is 0.875 bits per heavy atom. The molecule has 0 aliphatic heterocycles. The van der Waals surface area contributed by atoms with Crippen LogP contribution in [0.3, 0.4) is 0 Å². The molecule has 3 aromatic carbocycles. The number of fused-ring (bicyclic) bond motifs is 1. The van der Waals surface area contributed by atoms with E-state index in [1.807, 2.05) is 42.5 Å². The minimum Gasteiger partial charge on any atom is -0.319 e. The summed E-state index contributed by atoms with van der Waals surface area (Å²) in [7, 11) is 0. The summed E-state index contributed by atoms with van der Waals surface area (Å²) in [6.07, 6.45) is 0. The monoisotopic (exact) mass is 396 g/mol. The first-order valence-corrected chi connectivity index (χ1v) is 8.84. The fourth-order valence-electron chi connectivity index (χ4n) is 2.86. The topological polar surface area (TPSA) is 17.8 Å². The Hall–Kier alpha value is -2.10. The second-order valence-corrected chi connectivity index (χ2v) is 6.94. The van der Waals surface area contributed by atoms with Gasteiger partial charge in [-0.15, -0.1) is 0 Å². The van der Waals surface area contributed by atoms with Crippen molar-refractivity contribution in [1.29, 1.82) is 0 Å². The number of halogens is 2. The Morgan fingerprint density at radius 2 is 1.58 bits per heavy atom. The van der Waals surface area contributed by atoms with Crippen molar-refractivity contribution >= 4 is 38.6 Å². The van der Waals surface area contributed by atoms with Crippen LogP contribution in [0.15, 0.2) is 77.3 Å². The first kappa shape index (κ1) is 15.4. The largest absolute Gasteiger partial charge is 0.319 e. The molecule has 1 heterocycles. The molecule has 24 heavy (non-hydrogen) atoms. The second kappa shape index (κ2) is 6.42. The van der Waals surface area contributed by atoms with Crippen molar-refractivity contribution in [3.63, 3.8) is 0 Å². The van der Waals surface area contributed by atoms with Gasteiger partial charge in [0.1, 0.15) is 5.82 Å². The standard InChI is InChI=1S/C20H14BrClN2/c21-15-11-9-14(10-12-15)13-24-19-8-4-3-7-18(19)23-20(24)16-5-1-2-6-17(16)22/h1-12H,13H2. The molecular formula is C20H14BrClN2. The maximum atomic E-state index is 6.42. The highest BCUT2D eigenvalue weighted by molar-refractivity contribution is 9.10. The van der Waals surface area contributed by atoms with Gasteiger partial charge in [-0.2, -0.15) is 0 Å². The lowest BCUT2D eigenvalue weighted by molar-refractivity contribution is 0.834. The number of benzene rings is 3. The summed E-state index contributed by atoms with van der Waals surface area (Å²) in [5, 5.41) is 0.713. The molecule has 0 bridgehead atoms. The van der Waals surface area contributed by atoms with E-state index in [1.165, 1.54) is 5.56 Å². The molecule has 118 valence electrons. The molecular weight excluding hydrogens is 384 g/mol. The lowest BCUT2D eigenvalue weighted by Gasteiger charge is -2.11. The molecule has 0 saturated carbocycles. The van der Waals surface area contributed by atoms with E-state index in [0.717, 1.165) is 33.4 Å². The smallest absolute Gasteiger partial charge is 0.142 e. The van der Waals surface area contributed by atoms with Gasteiger partial charge < -0.3 is 4.57 Å². The maximum absolute atomic E-state index is 6.42. The number of nitrogens with zero attached hydrogens (tertiary/aromatic N) is 2. The summed E-state index contributed by atoms with van der Waals surface area (Å²) in [4.78, 5) is 4.83. The van der Waals surface area contributed by atoms with E-state index in [-0.39, 0.29) is 0 Å². The Bertz CT molecular complexity index is 1010. The lowest BCUT2D eigenvalue weighted by Crippen LogP contribution is -2.02. The molecule has 0 unspecified atom stereocenters. The number of aromatic nitrogens is 2. The number of hydrogen-bond donors (Lipinski definition) is 0. The van der Waals surface area contributed by atoms with Gasteiger partial charge in [-0.1, -0.05) is 63.9 Å². The summed E-state index contributed by atoms with van der Waals surface area (Å²) in [6.45, 7) is 0.744. The van der Waals surface area contributed by atoms with Gasteiger partial charge in [-0.3, -0.25) is 0 Å². The fourth-order valence-corrected chi connectivity index (χ4v) is 3.34. The summed E-state index contributed by atoms with van der Waals surface area (Å²) in [6, 6.07) is 24.4. The van der Waals surface area contributed by atoms with Crippen LogP contribution < -0.4 is 0 Å². The molecule has 2 nitrogen and oxygen atoms in total. The highest BCUT2D eigenvalue weighted by Crippen LogP contribution is 2.30. The van der Waals surface area contributed by atoms with Crippen LogP contribution in [0.25, 0.3) is 22.4 Å². The van der Waals surface area contributed by atoms with Crippen LogP contribution in [0.2, 0.25) is 5.02 Å². The molecule has 1 aromatic heterocycles. The van der Waals surface area contributed by atoms with Crippen molar-refractivity contribution in [3.05, 3.63) is 87.9 Å². The average Bonchev–Trinajstić information content (AvgIpc) is 2.96. The third-order valence-corrected chi connectivity index (χ3v) is 4.88. The molecule has 0 fully saturated rings. The minimum atomic E-state index is 0.713. The van der Waals surface area contributed by atoms with Crippen molar-refractivity contribution in [3.8, 4) is 11.4 Å². The van der Waals surface area contributed by atoms with Gasteiger partial charge in [0.2, 0.25) is 0 Å². The molecule has 0 amide bonds. The van der Waals surface area contributed by atoms with Crippen LogP contribution in [0.1, 0.15) is 5.56 Å². The van der Waals surface area contributed by atoms with Gasteiger partial charge in [0, 0.05) is 16.6 Å². The number of rotatable bonds is 3. The normalized spacial score (nSPS) is 11.1. The van der Waals surface area contributed by atoms with E-state index in [2.05, 4.69) is 50.8 Å². The molecule has 4 heteroatoms. The molecule has 0 spiro atoms.